The number of nitrogens with two attached hydrogens (primary N) is 1. The summed E-state index contributed by atoms with van der Waals surface area (Å²) in [4.78, 5) is 12.1. The molecule has 132 valence electrons. The molecule has 0 saturated heterocycles. The molecule has 26 heavy (non-hydrogen) atoms. The van der Waals surface area contributed by atoms with Crippen molar-refractivity contribution in [3.8, 4) is 0 Å². The zero-order chi connectivity index (χ0) is 18.4. The van der Waals surface area contributed by atoms with Gasteiger partial charge in [-0.25, -0.2) is 10.1 Å². The van der Waals surface area contributed by atoms with E-state index in [0.717, 1.165) is 10.0 Å². The van der Waals surface area contributed by atoms with Crippen molar-refractivity contribution in [2.24, 2.45) is 5.10 Å². The van der Waals surface area contributed by atoms with Gasteiger partial charge in [-0.2, -0.15) is 5.10 Å². The van der Waals surface area contributed by atoms with Crippen LogP contribution in [0.25, 0.3) is 0 Å². The highest BCUT2D eigenvalue weighted by molar-refractivity contribution is 9.10. The number of ketones is 1. The summed E-state index contributed by atoms with van der Waals surface area (Å²) in [5.41, 5.74) is 4.32. The van der Waals surface area contributed by atoms with Gasteiger partial charge in [-0.1, -0.05) is 70.2 Å². The summed E-state index contributed by atoms with van der Waals surface area (Å²) in [6.07, 6.45) is 1.65. The van der Waals surface area contributed by atoms with Crippen LogP contribution in [0, 0.1) is 0 Å². The van der Waals surface area contributed by atoms with Gasteiger partial charge in [0.05, 0.1) is 12.0 Å². The number of carbonyl (C=O) groups is 1. The Morgan fingerprint density at radius 2 is 1.92 bits per heavy atom. The SMILES string of the molecule is Nn1c(N/N=C/c2ccc(Br)cc2)nnc1SCC(=O)c1ccccc1. The number of hydrazone groups is 1. The molecular formula is C17H15BrN6OS. The summed E-state index contributed by atoms with van der Waals surface area (Å²) in [7, 11) is 0. The lowest BCUT2D eigenvalue weighted by atomic mass is 10.2. The molecule has 1 heterocycles. The van der Waals surface area contributed by atoms with Gasteiger partial charge < -0.3 is 5.84 Å². The van der Waals surface area contributed by atoms with Gasteiger partial charge in [0, 0.05) is 10.0 Å². The Bertz CT molecular complexity index is 911. The summed E-state index contributed by atoms with van der Waals surface area (Å²) < 4.78 is 2.26. The maximum Gasteiger partial charge on any atom is 0.264 e. The largest absolute Gasteiger partial charge is 0.334 e. The number of Topliss-reactive ketones (excluding diaryl/α,β-unsaturated/α-hetero) is 1. The summed E-state index contributed by atoms with van der Waals surface area (Å²) in [6, 6.07) is 16.8. The first-order valence-electron chi connectivity index (χ1n) is 7.59. The van der Waals surface area contributed by atoms with Crippen molar-refractivity contribution in [2.75, 3.05) is 17.0 Å². The van der Waals surface area contributed by atoms with Crippen LogP contribution in [0.15, 0.2) is 69.3 Å². The Kier molecular flexibility index (Phi) is 6.03. The number of hydrogen-bond acceptors (Lipinski definition) is 7. The van der Waals surface area contributed by atoms with Crippen molar-refractivity contribution in [3.63, 3.8) is 0 Å². The predicted octanol–water partition coefficient (Wildman–Crippen LogP) is 3.18. The van der Waals surface area contributed by atoms with Crippen LogP contribution in [-0.2, 0) is 0 Å². The number of nitrogens with zero attached hydrogens (tertiary/aromatic N) is 4. The number of thioether (sulfide) groups is 1. The molecule has 0 amide bonds. The van der Waals surface area contributed by atoms with Crippen LogP contribution < -0.4 is 11.3 Å². The van der Waals surface area contributed by atoms with E-state index in [-0.39, 0.29) is 17.5 Å². The molecule has 1 aromatic heterocycles. The van der Waals surface area contributed by atoms with Crippen LogP contribution in [0.5, 0.6) is 0 Å². The van der Waals surface area contributed by atoms with Crippen LogP contribution in [0.1, 0.15) is 15.9 Å². The average molecular weight is 431 g/mol. The Balaban J connectivity index is 1.57. The van der Waals surface area contributed by atoms with E-state index in [4.69, 9.17) is 5.84 Å². The number of hydrogen-bond donors (Lipinski definition) is 2. The van der Waals surface area contributed by atoms with Crippen LogP contribution in [0.4, 0.5) is 5.95 Å². The van der Waals surface area contributed by atoms with E-state index >= 15 is 0 Å². The lowest BCUT2D eigenvalue weighted by Crippen LogP contribution is -2.14. The van der Waals surface area contributed by atoms with E-state index in [1.165, 1.54) is 16.4 Å². The van der Waals surface area contributed by atoms with Gasteiger partial charge in [0.25, 0.3) is 5.95 Å². The molecule has 0 spiro atoms. The summed E-state index contributed by atoms with van der Waals surface area (Å²) in [6.45, 7) is 0. The predicted molar refractivity (Wildman–Crippen MR) is 107 cm³/mol. The van der Waals surface area contributed by atoms with Gasteiger partial charge in [0.2, 0.25) is 5.16 Å². The van der Waals surface area contributed by atoms with Gasteiger partial charge in [-0.15, -0.1) is 10.2 Å². The molecule has 0 fully saturated rings. The van der Waals surface area contributed by atoms with Crippen LogP contribution in [0.2, 0.25) is 0 Å². The molecule has 7 nitrogen and oxygen atoms in total. The smallest absolute Gasteiger partial charge is 0.264 e. The minimum Gasteiger partial charge on any atom is -0.334 e. The summed E-state index contributed by atoms with van der Waals surface area (Å²) in [5, 5.41) is 12.4. The van der Waals surface area contributed by atoms with Crippen molar-refractivity contribution >= 4 is 45.6 Å². The second kappa shape index (κ2) is 8.63. The van der Waals surface area contributed by atoms with E-state index in [1.54, 1.807) is 18.3 Å². The van der Waals surface area contributed by atoms with Crippen molar-refractivity contribution in [1.82, 2.24) is 14.9 Å². The fraction of sp³-hybridized carbons (Fsp3) is 0.0588. The molecule has 3 N–H and O–H groups in total. The van der Waals surface area contributed by atoms with E-state index in [1.807, 2.05) is 42.5 Å². The van der Waals surface area contributed by atoms with Crippen molar-refractivity contribution in [3.05, 3.63) is 70.2 Å². The van der Waals surface area contributed by atoms with Gasteiger partial charge in [0.1, 0.15) is 0 Å². The third-order valence-corrected chi connectivity index (χ3v) is 4.81. The standard InChI is InChI=1S/C17H15BrN6OS/c18-14-8-6-12(7-9-14)10-20-21-16-22-23-17(24(16)19)26-11-15(25)13-4-2-1-3-5-13/h1-10H,11,19H2,(H,21,22)/b20-10+. The number of rotatable bonds is 7. The molecule has 0 unspecified atom stereocenters. The maximum absolute atomic E-state index is 12.1. The third kappa shape index (κ3) is 4.70. The normalized spacial score (nSPS) is 11.0. The van der Waals surface area contributed by atoms with Gasteiger partial charge in [-0.3, -0.25) is 4.79 Å². The monoisotopic (exact) mass is 430 g/mol. The highest BCUT2D eigenvalue weighted by Crippen LogP contribution is 2.18. The molecule has 0 aliphatic heterocycles. The highest BCUT2D eigenvalue weighted by atomic mass is 79.9. The maximum atomic E-state index is 12.1. The fourth-order valence-electron chi connectivity index (χ4n) is 2.00. The molecule has 0 radical (unpaired) electrons. The van der Waals surface area contributed by atoms with Crippen LogP contribution >= 0.6 is 27.7 Å². The molecule has 0 aliphatic carbocycles. The van der Waals surface area contributed by atoms with Crippen molar-refractivity contribution < 1.29 is 4.79 Å². The number of anilines is 1. The molecule has 0 saturated carbocycles. The third-order valence-electron chi connectivity index (χ3n) is 3.34. The van der Waals surface area contributed by atoms with E-state index < -0.39 is 0 Å². The van der Waals surface area contributed by atoms with Gasteiger partial charge >= 0.3 is 0 Å². The Morgan fingerprint density at radius 3 is 2.65 bits per heavy atom. The number of nitrogens with one attached hydrogen (secondary N) is 1. The van der Waals surface area contributed by atoms with E-state index in [0.29, 0.717) is 10.7 Å². The summed E-state index contributed by atoms with van der Waals surface area (Å²) >= 11 is 4.60. The Morgan fingerprint density at radius 1 is 1.19 bits per heavy atom. The van der Waals surface area contributed by atoms with Crippen LogP contribution in [-0.4, -0.2) is 32.6 Å². The average Bonchev–Trinajstić information content (AvgIpc) is 3.02. The first-order valence-corrected chi connectivity index (χ1v) is 9.37. The van der Waals surface area contributed by atoms with E-state index in [9.17, 15) is 4.79 Å². The number of halogens is 1. The molecule has 0 aliphatic rings. The second-order valence-electron chi connectivity index (χ2n) is 5.18. The fourth-order valence-corrected chi connectivity index (χ4v) is 3.02. The van der Waals surface area contributed by atoms with E-state index in [2.05, 4.69) is 36.7 Å². The van der Waals surface area contributed by atoms with Crippen molar-refractivity contribution in [1.29, 1.82) is 0 Å². The molecular weight excluding hydrogens is 416 g/mol. The van der Waals surface area contributed by atoms with Crippen LogP contribution in [0.3, 0.4) is 0 Å². The minimum atomic E-state index is 0.00127. The number of nitrogen functional groups attached to an aromatic ring is 1. The molecule has 0 bridgehead atoms. The topological polar surface area (TPSA) is 98.2 Å². The number of benzene rings is 2. The van der Waals surface area contributed by atoms with Crippen molar-refractivity contribution in [2.45, 2.75) is 5.16 Å². The highest BCUT2D eigenvalue weighted by Gasteiger charge is 2.12. The second-order valence-corrected chi connectivity index (χ2v) is 7.03. The first-order chi connectivity index (χ1) is 12.6. The quantitative estimate of drug-likeness (QED) is 0.196. The Labute approximate surface area is 162 Å². The number of carbonyl (C=O) groups excluding carboxylic acids is 1. The molecule has 9 heteroatoms. The zero-order valence-corrected chi connectivity index (χ0v) is 15.9. The molecule has 3 aromatic rings. The number of aromatic nitrogens is 3. The lowest BCUT2D eigenvalue weighted by Gasteiger charge is -2.03. The molecule has 3 rings (SSSR count). The van der Waals surface area contributed by atoms with Gasteiger partial charge in [0.15, 0.2) is 5.78 Å². The molecule has 0 atom stereocenters. The minimum absolute atomic E-state index is 0.00127. The molecule has 2 aromatic carbocycles. The summed E-state index contributed by atoms with van der Waals surface area (Å²) in [5.74, 6) is 6.45. The van der Waals surface area contributed by atoms with Gasteiger partial charge in [-0.05, 0) is 17.7 Å². The lowest BCUT2D eigenvalue weighted by molar-refractivity contribution is 0.102. The Hall–Kier alpha value is -2.65. The first kappa shape index (κ1) is 18.2. The zero-order valence-electron chi connectivity index (χ0n) is 13.5.